The molecule has 1 aliphatic heterocycles. The van der Waals surface area contributed by atoms with Gasteiger partial charge in [0.25, 0.3) is 0 Å². The van der Waals surface area contributed by atoms with Crippen LogP contribution in [0.1, 0.15) is 27.2 Å². The smallest absolute Gasteiger partial charge is 0.241 e. The van der Waals surface area contributed by atoms with Gasteiger partial charge in [-0.25, -0.2) is 5.73 Å². The summed E-state index contributed by atoms with van der Waals surface area (Å²) in [6.07, 6.45) is 0.244. The lowest BCUT2D eigenvalue weighted by Gasteiger charge is -2.28. The van der Waals surface area contributed by atoms with Crippen LogP contribution in [0, 0.1) is 5.41 Å². The van der Waals surface area contributed by atoms with Crippen molar-refractivity contribution in [1.29, 1.82) is 0 Å². The summed E-state index contributed by atoms with van der Waals surface area (Å²) in [4.78, 5) is 13.4. The monoisotopic (exact) mass is 199 g/mol. The maximum Gasteiger partial charge on any atom is 0.241 e. The molecule has 0 spiro atoms. The van der Waals surface area contributed by atoms with E-state index in [0.29, 0.717) is 19.5 Å². The van der Waals surface area contributed by atoms with Crippen LogP contribution in [0.4, 0.5) is 0 Å². The third-order valence-corrected chi connectivity index (χ3v) is 2.59. The summed E-state index contributed by atoms with van der Waals surface area (Å²) in [5.74, 6) is -0.158. The largest absolute Gasteiger partial charge is 0.391 e. The van der Waals surface area contributed by atoms with Crippen LogP contribution in [0.25, 0.3) is 0 Å². The van der Waals surface area contributed by atoms with E-state index in [0.717, 1.165) is 0 Å². The molecule has 0 aliphatic carbocycles. The lowest BCUT2D eigenvalue weighted by Crippen LogP contribution is -2.45. The first-order chi connectivity index (χ1) is 6.32. The maximum absolute atomic E-state index is 11.8. The Morgan fingerprint density at radius 2 is 2.14 bits per heavy atom. The Labute approximate surface area is 85.1 Å². The Kier molecular flexibility index (Phi) is 3.17. The second kappa shape index (κ2) is 3.87. The molecule has 2 atom stereocenters. The Hall–Kier alpha value is -0.610. The Morgan fingerprint density at radius 3 is 2.50 bits per heavy atom. The number of nitrogens with one attached hydrogen (secondary N) is 1. The highest BCUT2D eigenvalue weighted by Crippen LogP contribution is 2.22. The molecule has 1 saturated heterocycles. The maximum atomic E-state index is 11.8. The van der Waals surface area contributed by atoms with Crippen molar-refractivity contribution in [2.45, 2.75) is 39.3 Å². The van der Waals surface area contributed by atoms with Gasteiger partial charge in [-0.3, -0.25) is 4.79 Å². The minimum atomic E-state index is -0.729. The van der Waals surface area contributed by atoms with E-state index in [1.54, 1.807) is 4.90 Å². The first-order valence-corrected chi connectivity index (χ1v) is 5.00. The van der Waals surface area contributed by atoms with Gasteiger partial charge in [0.2, 0.25) is 5.91 Å². The van der Waals surface area contributed by atoms with Gasteiger partial charge in [0.1, 0.15) is 6.04 Å². The number of nitrogens with zero attached hydrogens (tertiary/aromatic N) is 1. The van der Waals surface area contributed by atoms with Gasteiger partial charge in [0.05, 0.1) is 6.10 Å². The van der Waals surface area contributed by atoms with Gasteiger partial charge < -0.3 is 10.0 Å². The molecule has 0 aromatic rings. The third kappa shape index (κ3) is 2.45. The number of rotatable bonds is 1. The summed E-state index contributed by atoms with van der Waals surface area (Å²) in [6, 6.07) is -0.729. The average molecular weight is 199 g/mol. The molecule has 2 unspecified atom stereocenters. The van der Waals surface area contributed by atoms with Gasteiger partial charge in [-0.15, -0.1) is 0 Å². The zero-order chi connectivity index (χ0) is 10.9. The highest BCUT2D eigenvalue weighted by atomic mass is 16.3. The van der Waals surface area contributed by atoms with E-state index in [9.17, 15) is 9.90 Å². The molecule has 1 amide bonds. The van der Waals surface area contributed by atoms with Crippen molar-refractivity contribution in [2.24, 2.45) is 5.41 Å². The second-order valence-electron chi connectivity index (χ2n) is 5.03. The molecule has 0 aromatic heterocycles. The summed E-state index contributed by atoms with van der Waals surface area (Å²) in [7, 11) is 0. The molecular weight excluding hydrogens is 180 g/mol. The number of hydrogen-bond donors (Lipinski definition) is 1. The van der Waals surface area contributed by atoms with Crippen molar-refractivity contribution in [3.05, 3.63) is 0 Å². The highest BCUT2D eigenvalue weighted by Gasteiger charge is 2.34. The summed E-state index contributed by atoms with van der Waals surface area (Å²) in [5, 5.41) is 9.28. The van der Waals surface area contributed by atoms with Crippen molar-refractivity contribution in [3.8, 4) is 0 Å². The van der Waals surface area contributed by atoms with Gasteiger partial charge >= 0.3 is 0 Å². The molecule has 0 bridgehead atoms. The average Bonchev–Trinajstić information content (AvgIpc) is 2.47. The minimum Gasteiger partial charge on any atom is -0.391 e. The van der Waals surface area contributed by atoms with E-state index in [1.807, 2.05) is 20.8 Å². The molecule has 1 heterocycles. The van der Waals surface area contributed by atoms with Crippen molar-refractivity contribution in [2.75, 3.05) is 13.1 Å². The fourth-order valence-corrected chi connectivity index (χ4v) is 1.49. The minimum absolute atomic E-state index is 0.158. The van der Waals surface area contributed by atoms with E-state index < -0.39 is 12.1 Å². The van der Waals surface area contributed by atoms with Crippen LogP contribution in [-0.2, 0) is 4.79 Å². The molecule has 0 saturated carbocycles. The van der Waals surface area contributed by atoms with Crippen LogP contribution in [-0.4, -0.2) is 41.1 Å². The van der Waals surface area contributed by atoms with Gasteiger partial charge in [-0.2, -0.15) is 0 Å². The number of carbonyl (C=O) groups excluding carboxylic acids is 1. The van der Waals surface area contributed by atoms with Crippen molar-refractivity contribution >= 4 is 5.91 Å². The van der Waals surface area contributed by atoms with Crippen LogP contribution >= 0.6 is 0 Å². The summed E-state index contributed by atoms with van der Waals surface area (Å²) >= 11 is 0. The van der Waals surface area contributed by atoms with Gasteiger partial charge in [0.15, 0.2) is 0 Å². The first-order valence-electron chi connectivity index (χ1n) is 5.00. The summed E-state index contributed by atoms with van der Waals surface area (Å²) < 4.78 is 0. The van der Waals surface area contributed by atoms with E-state index in [-0.39, 0.29) is 11.3 Å². The SMILES string of the molecule is CC(C)(C)C([NH])C(=O)N1CCC(O)C1. The normalized spacial score (nSPS) is 25.2. The molecule has 14 heavy (non-hydrogen) atoms. The number of likely N-dealkylation sites (tertiary alicyclic amines) is 1. The number of aliphatic hydroxyl groups excluding tert-OH is 1. The molecule has 4 heteroatoms. The van der Waals surface area contributed by atoms with Crippen LogP contribution in [0.3, 0.4) is 0 Å². The van der Waals surface area contributed by atoms with Crippen molar-refractivity contribution < 1.29 is 9.90 Å². The van der Waals surface area contributed by atoms with Gasteiger partial charge in [-0.05, 0) is 11.8 Å². The second-order valence-corrected chi connectivity index (χ2v) is 5.03. The molecule has 81 valence electrons. The zero-order valence-electron chi connectivity index (χ0n) is 9.08. The fourth-order valence-electron chi connectivity index (χ4n) is 1.49. The Bertz CT molecular complexity index is 223. The Balaban J connectivity index is 2.57. The van der Waals surface area contributed by atoms with E-state index in [2.05, 4.69) is 0 Å². The van der Waals surface area contributed by atoms with Gasteiger partial charge in [-0.1, -0.05) is 20.8 Å². The lowest BCUT2D eigenvalue weighted by molar-refractivity contribution is -0.134. The van der Waals surface area contributed by atoms with Crippen molar-refractivity contribution in [3.63, 3.8) is 0 Å². The molecule has 1 rings (SSSR count). The predicted molar refractivity (Wildman–Crippen MR) is 53.5 cm³/mol. The standard InChI is InChI=1S/C10H19N2O2/c1-10(2,3)8(11)9(14)12-5-4-7(13)6-12/h7-8,11,13H,4-6H2,1-3H3. The van der Waals surface area contributed by atoms with Crippen molar-refractivity contribution in [1.82, 2.24) is 10.6 Å². The molecule has 2 N–H and O–H groups in total. The van der Waals surface area contributed by atoms with Crippen LogP contribution in [0.15, 0.2) is 0 Å². The summed E-state index contributed by atoms with van der Waals surface area (Å²) in [5.41, 5.74) is 7.46. The number of hydrogen-bond acceptors (Lipinski definition) is 2. The van der Waals surface area contributed by atoms with Crippen LogP contribution < -0.4 is 5.73 Å². The molecule has 1 aliphatic rings. The summed E-state index contributed by atoms with van der Waals surface area (Å²) in [6.45, 7) is 6.63. The molecule has 4 nitrogen and oxygen atoms in total. The number of aliphatic hydroxyl groups is 1. The number of β-amino-alcohol motifs (C(OH)–C–C–N with tert-alkyl or cyclic N) is 1. The molecule has 0 aromatic carbocycles. The van der Waals surface area contributed by atoms with Crippen LogP contribution in [0.2, 0.25) is 0 Å². The van der Waals surface area contributed by atoms with Gasteiger partial charge in [0, 0.05) is 13.1 Å². The quantitative estimate of drug-likeness (QED) is 0.659. The fraction of sp³-hybridized carbons (Fsp3) is 0.900. The highest BCUT2D eigenvalue weighted by molar-refractivity contribution is 5.82. The number of carbonyl (C=O) groups is 1. The van der Waals surface area contributed by atoms with Crippen LogP contribution in [0.5, 0.6) is 0 Å². The molecule has 1 fully saturated rings. The topological polar surface area (TPSA) is 64.3 Å². The lowest BCUT2D eigenvalue weighted by atomic mass is 9.86. The van der Waals surface area contributed by atoms with E-state index >= 15 is 0 Å². The Morgan fingerprint density at radius 1 is 1.57 bits per heavy atom. The molecular formula is C10H19N2O2. The molecule has 1 radical (unpaired) electrons. The first kappa shape index (κ1) is 11.5. The predicted octanol–water partition coefficient (Wildman–Crippen LogP) is 0.277. The number of amides is 1. The van der Waals surface area contributed by atoms with E-state index in [4.69, 9.17) is 5.73 Å². The van der Waals surface area contributed by atoms with E-state index in [1.165, 1.54) is 0 Å². The third-order valence-electron chi connectivity index (χ3n) is 2.59. The zero-order valence-corrected chi connectivity index (χ0v) is 9.08.